The summed E-state index contributed by atoms with van der Waals surface area (Å²) in [4.78, 5) is 8.24. The highest BCUT2D eigenvalue weighted by Crippen LogP contribution is 1.83. The Balaban J connectivity index is 0. The average molecular weight is 170 g/mol. The molecule has 2 nitrogen and oxygen atoms in total. The van der Waals surface area contributed by atoms with Crippen molar-refractivity contribution in [2.24, 2.45) is 9.98 Å². The lowest BCUT2D eigenvalue weighted by Gasteiger charge is -1.92. The number of hydrogen-bond acceptors (Lipinski definition) is 2. The highest BCUT2D eigenvalue weighted by Gasteiger charge is 1.82. The molecule has 0 bridgehead atoms. The van der Waals surface area contributed by atoms with Crippen molar-refractivity contribution in [1.29, 1.82) is 0 Å². The minimum absolute atomic E-state index is 0.374. The Morgan fingerprint density at radius 1 is 0.750 bits per heavy atom. The molecule has 0 saturated carbocycles. The number of hydrogen-bond donors (Lipinski definition) is 0. The average Bonchev–Trinajstić information content (AvgIpc) is 2.02. The van der Waals surface area contributed by atoms with Crippen molar-refractivity contribution >= 4 is 12.4 Å². The molecular formula is C10H22N2. The molecule has 0 aromatic heterocycles. The second-order valence-corrected chi connectivity index (χ2v) is 2.78. The zero-order valence-electron chi connectivity index (χ0n) is 9.20. The van der Waals surface area contributed by atoms with Crippen molar-refractivity contribution < 1.29 is 0 Å². The van der Waals surface area contributed by atoms with Gasteiger partial charge in [0.05, 0.1) is 0 Å². The van der Waals surface area contributed by atoms with Gasteiger partial charge in [-0.3, -0.25) is 9.98 Å². The second-order valence-electron chi connectivity index (χ2n) is 2.78. The summed E-state index contributed by atoms with van der Waals surface area (Å²) >= 11 is 0. The molecule has 0 aromatic rings. The third kappa shape index (κ3) is 16.2. The Kier molecular flexibility index (Phi) is 12.0. The van der Waals surface area contributed by atoms with Gasteiger partial charge in [0.25, 0.3) is 0 Å². The number of nitrogens with zero attached hydrogens (tertiary/aromatic N) is 2. The molecule has 12 heavy (non-hydrogen) atoms. The first-order chi connectivity index (χ1) is 5.63. The minimum atomic E-state index is 0.374. The third-order valence-corrected chi connectivity index (χ3v) is 0.835. The predicted molar refractivity (Wildman–Crippen MR) is 58.6 cm³/mol. The molecule has 0 aliphatic carbocycles. The summed E-state index contributed by atoms with van der Waals surface area (Å²) in [5.41, 5.74) is 0. The fourth-order valence-electron chi connectivity index (χ4n) is 0.421. The van der Waals surface area contributed by atoms with E-state index in [1.54, 1.807) is 12.4 Å². The van der Waals surface area contributed by atoms with Crippen molar-refractivity contribution in [3.63, 3.8) is 0 Å². The van der Waals surface area contributed by atoms with Gasteiger partial charge in [0.15, 0.2) is 0 Å². The van der Waals surface area contributed by atoms with Crippen LogP contribution in [0.2, 0.25) is 0 Å². The summed E-state index contributed by atoms with van der Waals surface area (Å²) in [6.07, 6.45) is 3.51. The molecule has 0 unspecified atom stereocenters. The lowest BCUT2D eigenvalue weighted by atomic mass is 10.4. The maximum atomic E-state index is 4.12. The van der Waals surface area contributed by atoms with Crippen LogP contribution in [-0.4, -0.2) is 24.5 Å². The van der Waals surface area contributed by atoms with Crippen LogP contribution in [0.4, 0.5) is 0 Å². The molecule has 72 valence electrons. The first kappa shape index (κ1) is 13.9. The monoisotopic (exact) mass is 170 g/mol. The summed E-state index contributed by atoms with van der Waals surface area (Å²) < 4.78 is 0. The number of aliphatic imine (C=N–C) groups is 2. The van der Waals surface area contributed by atoms with Crippen LogP contribution in [0.15, 0.2) is 9.98 Å². The van der Waals surface area contributed by atoms with Crippen LogP contribution in [0, 0.1) is 0 Å². The van der Waals surface area contributed by atoms with Crippen molar-refractivity contribution in [2.75, 3.05) is 0 Å². The van der Waals surface area contributed by atoms with Crippen LogP contribution in [0.3, 0.4) is 0 Å². The van der Waals surface area contributed by atoms with Gasteiger partial charge < -0.3 is 0 Å². The van der Waals surface area contributed by atoms with Gasteiger partial charge in [-0.1, -0.05) is 13.8 Å². The van der Waals surface area contributed by atoms with E-state index in [1.807, 2.05) is 41.5 Å². The van der Waals surface area contributed by atoms with Crippen LogP contribution in [0.5, 0.6) is 0 Å². The number of rotatable bonds is 3. The minimum Gasteiger partial charge on any atom is -0.289 e. The molecule has 0 aromatic carbocycles. The Bertz CT molecular complexity index is 108. The smallest absolute Gasteiger partial charge is 0.0443 e. The highest BCUT2D eigenvalue weighted by atomic mass is 14.8. The van der Waals surface area contributed by atoms with E-state index in [9.17, 15) is 0 Å². The highest BCUT2D eigenvalue weighted by molar-refractivity contribution is 6.16. The molecule has 0 aliphatic heterocycles. The largest absolute Gasteiger partial charge is 0.289 e. The van der Waals surface area contributed by atoms with Crippen LogP contribution in [-0.2, 0) is 0 Å². The lowest BCUT2D eigenvalue weighted by Crippen LogP contribution is -1.92. The molecule has 0 radical (unpaired) electrons. The van der Waals surface area contributed by atoms with Crippen molar-refractivity contribution in [1.82, 2.24) is 0 Å². The lowest BCUT2D eigenvalue weighted by molar-refractivity contribution is 0.836. The van der Waals surface area contributed by atoms with E-state index in [4.69, 9.17) is 0 Å². The van der Waals surface area contributed by atoms with Crippen LogP contribution in [0.1, 0.15) is 41.5 Å². The molecule has 0 aliphatic rings. The topological polar surface area (TPSA) is 24.7 Å². The molecule has 0 fully saturated rings. The van der Waals surface area contributed by atoms with E-state index in [1.165, 1.54) is 0 Å². The van der Waals surface area contributed by atoms with E-state index >= 15 is 0 Å². The fraction of sp³-hybridized carbons (Fsp3) is 0.800. The standard InChI is InChI=1S/C8H16N2.C2H6/c1-7(2)9-5-6-10-8(3)4;1-2/h5-8H,1-4H3;1-2H3. The fourth-order valence-corrected chi connectivity index (χ4v) is 0.421. The molecule has 0 saturated heterocycles. The van der Waals surface area contributed by atoms with Crippen molar-refractivity contribution in [3.8, 4) is 0 Å². The maximum Gasteiger partial charge on any atom is 0.0443 e. The van der Waals surface area contributed by atoms with E-state index in [0.29, 0.717) is 12.1 Å². The van der Waals surface area contributed by atoms with Crippen LogP contribution in [0.25, 0.3) is 0 Å². The van der Waals surface area contributed by atoms with Gasteiger partial charge in [-0.15, -0.1) is 0 Å². The molecule has 2 heteroatoms. The van der Waals surface area contributed by atoms with Crippen LogP contribution >= 0.6 is 0 Å². The molecule has 0 heterocycles. The van der Waals surface area contributed by atoms with Gasteiger partial charge in [0, 0.05) is 24.5 Å². The van der Waals surface area contributed by atoms with Crippen molar-refractivity contribution in [3.05, 3.63) is 0 Å². The summed E-state index contributed by atoms with van der Waals surface area (Å²) in [5.74, 6) is 0. The quantitative estimate of drug-likeness (QED) is 0.582. The Morgan fingerprint density at radius 3 is 1.17 bits per heavy atom. The molecule has 0 amide bonds. The summed E-state index contributed by atoms with van der Waals surface area (Å²) in [6.45, 7) is 12.2. The predicted octanol–water partition coefficient (Wildman–Crippen LogP) is 2.97. The molecule has 0 N–H and O–H groups in total. The third-order valence-electron chi connectivity index (χ3n) is 0.835. The maximum absolute atomic E-state index is 4.12. The van der Waals surface area contributed by atoms with E-state index < -0.39 is 0 Å². The summed E-state index contributed by atoms with van der Waals surface area (Å²) in [6, 6.07) is 0.747. The molecule has 0 spiro atoms. The van der Waals surface area contributed by atoms with Crippen molar-refractivity contribution in [2.45, 2.75) is 53.6 Å². The second kappa shape index (κ2) is 10.3. The zero-order valence-corrected chi connectivity index (χ0v) is 9.20. The SMILES string of the molecule is CC.CC(C)N=CC=NC(C)C. The molecule has 0 atom stereocenters. The van der Waals surface area contributed by atoms with E-state index in [2.05, 4.69) is 9.98 Å². The Hall–Kier alpha value is -0.660. The normalized spacial score (nSPS) is 11.3. The first-order valence-electron chi connectivity index (χ1n) is 4.68. The zero-order chi connectivity index (χ0) is 9.98. The summed E-state index contributed by atoms with van der Waals surface area (Å²) in [7, 11) is 0. The van der Waals surface area contributed by atoms with Gasteiger partial charge in [0.1, 0.15) is 0 Å². The molecule has 0 rings (SSSR count). The van der Waals surface area contributed by atoms with Gasteiger partial charge in [0.2, 0.25) is 0 Å². The van der Waals surface area contributed by atoms with Gasteiger partial charge in [-0.25, -0.2) is 0 Å². The van der Waals surface area contributed by atoms with Gasteiger partial charge in [-0.05, 0) is 27.7 Å². The van der Waals surface area contributed by atoms with E-state index in [-0.39, 0.29) is 0 Å². The van der Waals surface area contributed by atoms with Gasteiger partial charge >= 0.3 is 0 Å². The van der Waals surface area contributed by atoms with E-state index in [0.717, 1.165) is 0 Å². The Morgan fingerprint density at radius 2 is 1.00 bits per heavy atom. The Labute approximate surface area is 76.8 Å². The molecular weight excluding hydrogens is 148 g/mol. The van der Waals surface area contributed by atoms with Crippen LogP contribution < -0.4 is 0 Å². The summed E-state index contributed by atoms with van der Waals surface area (Å²) in [5, 5.41) is 0. The van der Waals surface area contributed by atoms with Gasteiger partial charge in [-0.2, -0.15) is 0 Å². The first-order valence-corrected chi connectivity index (χ1v) is 4.68.